The maximum absolute atomic E-state index is 11.5. The van der Waals surface area contributed by atoms with Gasteiger partial charge in [-0.25, -0.2) is 9.97 Å². The fourth-order valence-electron chi connectivity index (χ4n) is 2.44. The Balaban J connectivity index is 1.90. The Morgan fingerprint density at radius 2 is 1.72 bits per heavy atom. The van der Waals surface area contributed by atoms with Crippen molar-refractivity contribution in [3.63, 3.8) is 0 Å². The molecule has 2 aromatic rings. The smallest absolute Gasteiger partial charge is 0.329 e. The number of hydrogen-bond donors (Lipinski definition) is 0. The topological polar surface area (TPSA) is 52.1 Å². The monoisotopic (exact) mass is 360 g/mol. The van der Waals surface area contributed by atoms with E-state index in [1.54, 1.807) is 19.1 Å². The predicted octanol–water partition coefficient (Wildman–Crippen LogP) is 5.19. The Kier molecular flexibility index (Phi) is 7.86. The van der Waals surface area contributed by atoms with Gasteiger partial charge in [-0.2, -0.15) is 0 Å². The lowest BCUT2D eigenvalue weighted by Gasteiger charge is -2.07. The summed E-state index contributed by atoms with van der Waals surface area (Å²) in [7, 11) is 0. The maximum Gasteiger partial charge on any atom is 0.329 e. The van der Waals surface area contributed by atoms with Gasteiger partial charge in [-0.3, -0.25) is 4.79 Å². The van der Waals surface area contributed by atoms with Crippen LogP contribution in [-0.4, -0.2) is 21.3 Å². The number of unbranched alkanes of at least 4 members (excludes halogenated alkanes) is 4. The van der Waals surface area contributed by atoms with Crippen LogP contribution in [0.3, 0.4) is 0 Å². The van der Waals surface area contributed by atoms with Gasteiger partial charge >= 0.3 is 5.97 Å². The van der Waals surface area contributed by atoms with Crippen LogP contribution in [-0.2, 0) is 11.2 Å². The second-order valence-electron chi connectivity index (χ2n) is 6.14. The number of nitrogens with zero attached hydrogens (tertiary/aromatic N) is 2. The highest BCUT2D eigenvalue weighted by molar-refractivity contribution is 6.29. The van der Waals surface area contributed by atoms with Crippen molar-refractivity contribution in [2.24, 2.45) is 0 Å². The van der Waals surface area contributed by atoms with Crippen LogP contribution in [0.2, 0.25) is 0 Å². The predicted molar refractivity (Wildman–Crippen MR) is 101 cm³/mol. The highest BCUT2D eigenvalue weighted by Gasteiger charge is 2.12. The van der Waals surface area contributed by atoms with Crippen LogP contribution in [0.4, 0.5) is 0 Å². The number of halogens is 1. The molecule has 0 amide bonds. The fraction of sp³-hybridized carbons (Fsp3) is 0.450. The van der Waals surface area contributed by atoms with Gasteiger partial charge in [-0.05, 0) is 49.6 Å². The standard InChI is InChI=1S/C20H25ClN2O2/c1-3-4-5-6-7-8-16-13-22-19(23-14-16)17-9-11-18(12-10-17)25-20(24)15(2)21/h9-15H,3-8H2,1-2H3/t15-/m1/s1. The second-order valence-corrected chi connectivity index (χ2v) is 6.80. The Labute approximate surface area is 154 Å². The summed E-state index contributed by atoms with van der Waals surface area (Å²) in [5.41, 5.74) is 2.05. The van der Waals surface area contributed by atoms with Crippen molar-refractivity contribution in [1.29, 1.82) is 0 Å². The number of ether oxygens (including phenoxy) is 1. The van der Waals surface area contributed by atoms with Crippen molar-refractivity contribution in [3.8, 4) is 17.1 Å². The van der Waals surface area contributed by atoms with Gasteiger partial charge in [0, 0.05) is 18.0 Å². The number of aromatic nitrogens is 2. The lowest BCUT2D eigenvalue weighted by Crippen LogP contribution is -2.17. The Hall–Kier alpha value is -1.94. The molecule has 25 heavy (non-hydrogen) atoms. The molecular formula is C20H25ClN2O2. The second kappa shape index (κ2) is 10.1. The van der Waals surface area contributed by atoms with E-state index in [0.717, 1.165) is 12.0 Å². The third-order valence-electron chi connectivity index (χ3n) is 3.93. The van der Waals surface area contributed by atoms with E-state index in [9.17, 15) is 4.79 Å². The largest absolute Gasteiger partial charge is 0.425 e. The van der Waals surface area contributed by atoms with E-state index in [4.69, 9.17) is 16.3 Å². The summed E-state index contributed by atoms with van der Waals surface area (Å²) in [5, 5.41) is -0.669. The molecule has 0 aliphatic rings. The maximum atomic E-state index is 11.5. The van der Waals surface area contributed by atoms with Gasteiger partial charge in [0.1, 0.15) is 11.1 Å². The molecule has 4 nitrogen and oxygen atoms in total. The number of esters is 1. The van der Waals surface area contributed by atoms with Gasteiger partial charge in [0.15, 0.2) is 5.82 Å². The van der Waals surface area contributed by atoms with Crippen molar-refractivity contribution in [2.75, 3.05) is 0 Å². The zero-order valence-electron chi connectivity index (χ0n) is 14.9. The van der Waals surface area contributed by atoms with E-state index in [0.29, 0.717) is 11.6 Å². The molecule has 0 fully saturated rings. The lowest BCUT2D eigenvalue weighted by atomic mass is 10.1. The van der Waals surface area contributed by atoms with Gasteiger partial charge < -0.3 is 4.74 Å². The van der Waals surface area contributed by atoms with Gasteiger partial charge in [0.2, 0.25) is 0 Å². The molecule has 1 heterocycles. The molecule has 0 saturated carbocycles. The number of aryl methyl sites for hydroxylation is 1. The van der Waals surface area contributed by atoms with E-state index in [1.807, 2.05) is 24.5 Å². The molecule has 0 saturated heterocycles. The summed E-state index contributed by atoms with van der Waals surface area (Å²) in [6, 6.07) is 7.11. The molecular weight excluding hydrogens is 336 g/mol. The van der Waals surface area contributed by atoms with Gasteiger partial charge in [-0.1, -0.05) is 32.6 Å². The molecule has 0 aliphatic heterocycles. The first kappa shape index (κ1) is 19.4. The van der Waals surface area contributed by atoms with Crippen molar-refractivity contribution in [2.45, 2.75) is 57.7 Å². The number of rotatable bonds is 9. The van der Waals surface area contributed by atoms with E-state index in [-0.39, 0.29) is 0 Å². The number of carbonyl (C=O) groups excluding carboxylic acids is 1. The molecule has 0 spiro atoms. The minimum Gasteiger partial charge on any atom is -0.425 e. The minimum atomic E-state index is -0.669. The van der Waals surface area contributed by atoms with Crippen LogP contribution >= 0.6 is 11.6 Å². The van der Waals surface area contributed by atoms with Gasteiger partial charge in [-0.15, -0.1) is 11.6 Å². The summed E-state index contributed by atoms with van der Waals surface area (Å²) in [4.78, 5) is 20.4. The third-order valence-corrected chi connectivity index (χ3v) is 4.11. The number of hydrogen-bond acceptors (Lipinski definition) is 4. The molecule has 0 N–H and O–H groups in total. The van der Waals surface area contributed by atoms with E-state index >= 15 is 0 Å². The average molecular weight is 361 g/mol. The number of carbonyl (C=O) groups is 1. The summed E-state index contributed by atoms with van der Waals surface area (Å²) in [6.45, 7) is 3.80. The zero-order valence-corrected chi connectivity index (χ0v) is 15.6. The first-order valence-electron chi connectivity index (χ1n) is 8.87. The molecule has 5 heteroatoms. The molecule has 1 atom stereocenters. The van der Waals surface area contributed by atoms with Crippen LogP contribution in [0.25, 0.3) is 11.4 Å². The molecule has 0 aliphatic carbocycles. The average Bonchev–Trinajstić information content (AvgIpc) is 2.63. The van der Waals surface area contributed by atoms with E-state index in [2.05, 4.69) is 16.9 Å². The first-order valence-corrected chi connectivity index (χ1v) is 9.31. The van der Waals surface area contributed by atoms with Crippen LogP contribution in [0.5, 0.6) is 5.75 Å². The Morgan fingerprint density at radius 3 is 2.32 bits per heavy atom. The number of alkyl halides is 1. The fourth-order valence-corrected chi connectivity index (χ4v) is 2.48. The van der Waals surface area contributed by atoms with E-state index < -0.39 is 11.3 Å². The van der Waals surface area contributed by atoms with Crippen molar-refractivity contribution in [1.82, 2.24) is 9.97 Å². The Morgan fingerprint density at radius 1 is 1.08 bits per heavy atom. The summed E-state index contributed by atoms with van der Waals surface area (Å²) < 4.78 is 5.15. The van der Waals surface area contributed by atoms with Gasteiger partial charge in [0.25, 0.3) is 0 Å². The molecule has 0 unspecified atom stereocenters. The zero-order chi connectivity index (χ0) is 18.1. The van der Waals surface area contributed by atoms with Crippen molar-refractivity contribution >= 4 is 17.6 Å². The highest BCUT2D eigenvalue weighted by atomic mass is 35.5. The lowest BCUT2D eigenvalue weighted by molar-refractivity contribution is -0.133. The Bertz CT molecular complexity index is 654. The van der Waals surface area contributed by atoms with Crippen LogP contribution < -0.4 is 4.74 Å². The summed E-state index contributed by atoms with van der Waals surface area (Å²) in [5.74, 6) is 0.664. The third kappa shape index (κ3) is 6.46. The quantitative estimate of drug-likeness (QED) is 0.267. The SMILES string of the molecule is CCCCCCCc1cnc(-c2ccc(OC(=O)[C@@H](C)Cl)cc2)nc1. The van der Waals surface area contributed by atoms with Crippen LogP contribution in [0.1, 0.15) is 51.5 Å². The first-order chi connectivity index (χ1) is 12.1. The molecule has 1 aromatic carbocycles. The van der Waals surface area contributed by atoms with E-state index in [1.165, 1.54) is 37.7 Å². The molecule has 134 valence electrons. The van der Waals surface area contributed by atoms with Crippen molar-refractivity contribution in [3.05, 3.63) is 42.2 Å². The summed E-state index contributed by atoms with van der Waals surface area (Å²) >= 11 is 5.69. The van der Waals surface area contributed by atoms with Crippen LogP contribution in [0.15, 0.2) is 36.7 Å². The van der Waals surface area contributed by atoms with Crippen LogP contribution in [0, 0.1) is 0 Å². The van der Waals surface area contributed by atoms with Crippen molar-refractivity contribution < 1.29 is 9.53 Å². The number of benzene rings is 1. The minimum absolute atomic E-state index is 0.463. The normalized spacial score (nSPS) is 12.0. The molecule has 0 bridgehead atoms. The molecule has 2 rings (SSSR count). The summed E-state index contributed by atoms with van der Waals surface area (Å²) in [6.07, 6.45) is 11.1. The molecule has 0 radical (unpaired) electrons. The molecule has 1 aromatic heterocycles. The van der Waals surface area contributed by atoms with Gasteiger partial charge in [0.05, 0.1) is 0 Å². The highest BCUT2D eigenvalue weighted by Crippen LogP contribution is 2.20.